The van der Waals surface area contributed by atoms with Crippen molar-refractivity contribution < 1.29 is 4.79 Å². The van der Waals surface area contributed by atoms with Crippen molar-refractivity contribution in [3.63, 3.8) is 0 Å². The van der Waals surface area contributed by atoms with Crippen LogP contribution >= 0.6 is 39.1 Å². The molecule has 1 amide bonds. The quantitative estimate of drug-likeness (QED) is 0.746. The van der Waals surface area contributed by atoms with Gasteiger partial charge in [-0.05, 0) is 23.8 Å². The van der Waals surface area contributed by atoms with Crippen LogP contribution in [0.4, 0.5) is 0 Å². The van der Waals surface area contributed by atoms with E-state index in [0.29, 0.717) is 17.1 Å². The zero-order valence-corrected chi connectivity index (χ0v) is 13.7. The maximum Gasteiger partial charge on any atom is 0.255 e. The first-order valence-electron chi connectivity index (χ1n) is 5.78. The second-order valence-electron chi connectivity index (χ2n) is 4.27. The fourth-order valence-corrected chi connectivity index (χ4v) is 2.32. The van der Waals surface area contributed by atoms with Crippen molar-refractivity contribution in [2.75, 3.05) is 7.05 Å². The smallest absolute Gasteiger partial charge is 0.255 e. The van der Waals surface area contributed by atoms with Crippen molar-refractivity contribution >= 4 is 45.0 Å². The number of hydrogen-bond donors (Lipinski definition) is 0. The first-order chi connectivity index (χ1) is 9.47. The molecule has 0 saturated heterocycles. The van der Waals surface area contributed by atoms with Crippen molar-refractivity contribution in [2.24, 2.45) is 0 Å². The molecule has 0 fully saturated rings. The number of halogens is 3. The summed E-state index contributed by atoms with van der Waals surface area (Å²) in [5, 5.41) is 0.539. The fourth-order valence-electron chi connectivity index (χ4n) is 1.72. The van der Waals surface area contributed by atoms with E-state index < -0.39 is 0 Å². The molecule has 6 heteroatoms. The van der Waals surface area contributed by atoms with Crippen molar-refractivity contribution in [2.45, 2.75) is 6.54 Å². The van der Waals surface area contributed by atoms with E-state index in [9.17, 15) is 4.79 Å². The third kappa shape index (κ3) is 3.72. The number of carbonyl (C=O) groups is 1. The third-order valence-corrected chi connectivity index (χ3v) is 3.77. The average molecular weight is 374 g/mol. The Hall–Kier alpha value is -1.10. The highest BCUT2D eigenvalue weighted by Crippen LogP contribution is 2.20. The lowest BCUT2D eigenvalue weighted by molar-refractivity contribution is 0.0785. The van der Waals surface area contributed by atoms with Gasteiger partial charge in [0.2, 0.25) is 0 Å². The van der Waals surface area contributed by atoms with Crippen LogP contribution in [0, 0.1) is 0 Å². The number of nitrogens with zero attached hydrogens (tertiary/aromatic N) is 2. The Morgan fingerprint density at radius 1 is 1.30 bits per heavy atom. The number of aromatic nitrogens is 1. The molecule has 2 aromatic rings. The molecule has 1 aromatic heterocycles. The minimum Gasteiger partial charge on any atom is -0.337 e. The predicted octanol–water partition coefficient (Wildman–Crippen LogP) is 4.42. The van der Waals surface area contributed by atoms with Crippen LogP contribution < -0.4 is 0 Å². The van der Waals surface area contributed by atoms with Gasteiger partial charge in [0.15, 0.2) is 0 Å². The second kappa shape index (κ2) is 6.57. The van der Waals surface area contributed by atoms with E-state index in [1.165, 1.54) is 12.3 Å². The Morgan fingerprint density at radius 3 is 2.60 bits per heavy atom. The van der Waals surface area contributed by atoms with Gasteiger partial charge in [-0.25, -0.2) is 4.98 Å². The standard InChI is InChI=1S/C14H11BrCl2N2O/c1-19(8-9-2-4-10(15)5-3-9)14(20)11-6-13(17)18-7-12(11)16/h2-7H,8H2,1H3. The van der Waals surface area contributed by atoms with E-state index >= 15 is 0 Å². The molecule has 0 aliphatic heterocycles. The summed E-state index contributed by atoms with van der Waals surface area (Å²) in [5.74, 6) is -0.192. The highest BCUT2D eigenvalue weighted by atomic mass is 79.9. The summed E-state index contributed by atoms with van der Waals surface area (Å²) < 4.78 is 0.999. The molecule has 0 radical (unpaired) electrons. The van der Waals surface area contributed by atoms with Gasteiger partial charge in [-0.15, -0.1) is 0 Å². The minimum absolute atomic E-state index is 0.192. The molecule has 0 aliphatic rings. The Balaban J connectivity index is 2.16. The lowest BCUT2D eigenvalue weighted by atomic mass is 10.2. The molecule has 0 aliphatic carbocycles. The minimum atomic E-state index is -0.192. The van der Waals surface area contributed by atoms with Crippen LogP contribution in [0.15, 0.2) is 41.0 Å². The molecule has 0 N–H and O–H groups in total. The molecule has 0 unspecified atom stereocenters. The lowest BCUT2D eigenvalue weighted by Gasteiger charge is -2.18. The third-order valence-electron chi connectivity index (χ3n) is 2.73. The molecule has 3 nitrogen and oxygen atoms in total. The van der Waals surface area contributed by atoms with Crippen molar-refractivity contribution in [3.8, 4) is 0 Å². The molecule has 2 rings (SSSR count). The maximum absolute atomic E-state index is 12.3. The van der Waals surface area contributed by atoms with Gasteiger partial charge < -0.3 is 4.90 Å². The SMILES string of the molecule is CN(Cc1ccc(Br)cc1)C(=O)c1cc(Cl)ncc1Cl. The fraction of sp³-hybridized carbons (Fsp3) is 0.143. The molecule has 104 valence electrons. The van der Waals surface area contributed by atoms with Crippen molar-refractivity contribution in [3.05, 3.63) is 62.3 Å². The van der Waals surface area contributed by atoms with Crippen LogP contribution in [0.25, 0.3) is 0 Å². The van der Waals surface area contributed by atoms with Crippen molar-refractivity contribution in [1.29, 1.82) is 0 Å². The lowest BCUT2D eigenvalue weighted by Crippen LogP contribution is -2.26. The summed E-state index contributed by atoms with van der Waals surface area (Å²) in [7, 11) is 1.72. The first kappa shape index (κ1) is 15.3. The van der Waals surface area contributed by atoms with Crippen molar-refractivity contribution in [1.82, 2.24) is 9.88 Å². The molecule has 0 spiro atoms. The predicted molar refractivity (Wildman–Crippen MR) is 84.2 cm³/mol. The molecular formula is C14H11BrCl2N2O. The van der Waals surface area contributed by atoms with Gasteiger partial charge in [0, 0.05) is 24.3 Å². The van der Waals surface area contributed by atoms with E-state index in [0.717, 1.165) is 10.0 Å². The van der Waals surface area contributed by atoms with Gasteiger partial charge in [0.1, 0.15) is 5.15 Å². The normalized spacial score (nSPS) is 10.4. The number of carbonyl (C=O) groups excluding carboxylic acids is 1. The summed E-state index contributed by atoms with van der Waals surface area (Å²) in [6.45, 7) is 0.488. The van der Waals surface area contributed by atoms with E-state index in [-0.39, 0.29) is 11.1 Å². The molecule has 1 heterocycles. The summed E-state index contributed by atoms with van der Waals surface area (Å²) in [6, 6.07) is 9.25. The van der Waals surface area contributed by atoms with Gasteiger partial charge in [-0.1, -0.05) is 51.3 Å². The van der Waals surface area contributed by atoms with E-state index in [1.807, 2.05) is 24.3 Å². The second-order valence-corrected chi connectivity index (χ2v) is 5.98. The van der Waals surface area contributed by atoms with E-state index in [4.69, 9.17) is 23.2 Å². The Labute approximate surface area is 135 Å². The monoisotopic (exact) mass is 372 g/mol. The molecule has 0 saturated carbocycles. The highest BCUT2D eigenvalue weighted by molar-refractivity contribution is 9.10. The number of hydrogen-bond acceptors (Lipinski definition) is 2. The van der Waals surface area contributed by atoms with Gasteiger partial charge >= 0.3 is 0 Å². The molecule has 0 atom stereocenters. The Bertz CT molecular complexity index is 632. The highest BCUT2D eigenvalue weighted by Gasteiger charge is 2.16. The molecular weight excluding hydrogens is 363 g/mol. The van der Waals surface area contributed by atoms with Crippen LogP contribution in [0.3, 0.4) is 0 Å². The average Bonchev–Trinajstić information content (AvgIpc) is 2.43. The van der Waals surface area contributed by atoms with Gasteiger partial charge in [-0.3, -0.25) is 4.79 Å². The van der Waals surface area contributed by atoms with Crippen LogP contribution in [0.5, 0.6) is 0 Å². The molecule has 1 aromatic carbocycles. The van der Waals surface area contributed by atoms with Gasteiger partial charge in [0.05, 0.1) is 10.6 Å². The zero-order valence-electron chi connectivity index (χ0n) is 10.6. The van der Waals surface area contributed by atoms with Gasteiger partial charge in [-0.2, -0.15) is 0 Å². The Kier molecular flexibility index (Phi) is 5.02. The van der Waals surface area contributed by atoms with Crippen LogP contribution in [-0.4, -0.2) is 22.8 Å². The summed E-state index contributed by atoms with van der Waals surface area (Å²) in [5.41, 5.74) is 1.38. The maximum atomic E-state index is 12.3. The number of pyridine rings is 1. The van der Waals surface area contributed by atoms with Gasteiger partial charge in [0.25, 0.3) is 5.91 Å². The number of amides is 1. The zero-order chi connectivity index (χ0) is 14.7. The molecule has 0 bridgehead atoms. The topological polar surface area (TPSA) is 33.2 Å². The number of rotatable bonds is 3. The van der Waals surface area contributed by atoms with Crippen LogP contribution in [-0.2, 0) is 6.54 Å². The largest absolute Gasteiger partial charge is 0.337 e. The van der Waals surface area contributed by atoms with Crippen LogP contribution in [0.1, 0.15) is 15.9 Å². The van der Waals surface area contributed by atoms with E-state index in [1.54, 1.807) is 11.9 Å². The summed E-state index contributed by atoms with van der Waals surface area (Å²) >= 11 is 15.2. The van der Waals surface area contributed by atoms with Crippen LogP contribution in [0.2, 0.25) is 10.2 Å². The summed E-state index contributed by atoms with van der Waals surface area (Å²) in [6.07, 6.45) is 1.38. The van der Waals surface area contributed by atoms with E-state index in [2.05, 4.69) is 20.9 Å². The molecule has 20 heavy (non-hydrogen) atoms. The summed E-state index contributed by atoms with van der Waals surface area (Å²) in [4.78, 5) is 17.8. The Morgan fingerprint density at radius 2 is 1.95 bits per heavy atom. The number of benzene rings is 1. The first-order valence-corrected chi connectivity index (χ1v) is 7.33.